The molecule has 3 rings (SSSR count). The van der Waals surface area contributed by atoms with Crippen molar-refractivity contribution in [3.8, 4) is 0 Å². The summed E-state index contributed by atoms with van der Waals surface area (Å²) < 4.78 is 78.8. The Bertz CT molecular complexity index is 1390. The number of hydrogen-bond acceptors (Lipinski definition) is 10. The second kappa shape index (κ2) is 16.0. The van der Waals surface area contributed by atoms with Crippen LogP contribution in [0.2, 0.25) is 0 Å². The Kier molecular flexibility index (Phi) is 14.3. The first kappa shape index (κ1) is 34.7. The molecule has 0 aromatic heterocycles. The van der Waals surface area contributed by atoms with Gasteiger partial charge in [0.25, 0.3) is 29.3 Å². The average Bonchev–Trinajstić information content (AvgIpc) is 2.87. The number of benzene rings is 3. The van der Waals surface area contributed by atoms with Crippen LogP contribution in [0.3, 0.4) is 0 Å². The summed E-state index contributed by atoms with van der Waals surface area (Å²) in [6.07, 6.45) is 0. The van der Waals surface area contributed by atoms with Gasteiger partial charge in [0, 0.05) is 10.7 Å². The van der Waals surface area contributed by atoms with E-state index in [0.29, 0.717) is 0 Å². The Labute approximate surface area is 234 Å². The first-order valence-corrected chi connectivity index (χ1v) is 16.4. The first-order chi connectivity index (χ1) is 18.1. The molecular formula is C25H31ClO10S3. The summed E-state index contributed by atoms with van der Waals surface area (Å²) in [5.41, 5.74) is 2.84. The van der Waals surface area contributed by atoms with Crippen LogP contribution in [0, 0.1) is 20.8 Å². The highest BCUT2D eigenvalue weighted by Crippen LogP contribution is 2.16. The Morgan fingerprint density at radius 1 is 0.538 bits per heavy atom. The molecule has 0 bridgehead atoms. The zero-order valence-electron chi connectivity index (χ0n) is 21.5. The lowest BCUT2D eigenvalue weighted by Crippen LogP contribution is -2.15. The molecule has 0 heterocycles. The molecule has 0 aliphatic heterocycles. The highest BCUT2D eigenvalue weighted by atomic mass is 35.7. The van der Waals surface area contributed by atoms with Gasteiger partial charge >= 0.3 is 0 Å². The molecule has 0 fully saturated rings. The predicted molar refractivity (Wildman–Crippen MR) is 147 cm³/mol. The molecule has 0 atom stereocenters. The largest absolute Gasteiger partial charge is 0.394 e. The van der Waals surface area contributed by atoms with Gasteiger partial charge in [-0.15, -0.1) is 0 Å². The molecule has 0 radical (unpaired) electrons. The Morgan fingerprint density at radius 3 is 1.03 bits per heavy atom. The molecule has 10 nitrogen and oxygen atoms in total. The van der Waals surface area contributed by atoms with Gasteiger partial charge < -0.3 is 10.2 Å². The summed E-state index contributed by atoms with van der Waals surface area (Å²) in [6.45, 7) is 4.50. The molecule has 0 saturated heterocycles. The topological polar surface area (TPSA) is 161 Å². The molecule has 3 aromatic rings. The molecule has 2 N–H and O–H groups in total. The molecular weight excluding hydrogens is 592 g/mol. The van der Waals surface area contributed by atoms with Crippen LogP contribution in [0.1, 0.15) is 16.7 Å². The number of aliphatic hydroxyl groups is 2. The number of halogens is 1. The normalized spacial score (nSPS) is 11.5. The van der Waals surface area contributed by atoms with Crippen LogP contribution in [0.5, 0.6) is 0 Å². The molecule has 0 amide bonds. The summed E-state index contributed by atoms with van der Waals surface area (Å²) in [7, 11) is -6.34. The van der Waals surface area contributed by atoms with Crippen molar-refractivity contribution in [3.63, 3.8) is 0 Å². The van der Waals surface area contributed by atoms with E-state index in [0.717, 1.165) is 16.7 Å². The van der Waals surface area contributed by atoms with Gasteiger partial charge in [-0.25, -0.2) is 8.42 Å². The van der Waals surface area contributed by atoms with Gasteiger partial charge in [-0.05, 0) is 57.2 Å². The van der Waals surface area contributed by atoms with Crippen molar-refractivity contribution >= 4 is 40.0 Å². The highest BCUT2D eigenvalue weighted by molar-refractivity contribution is 8.13. The maximum absolute atomic E-state index is 11.9. The smallest absolute Gasteiger partial charge is 0.297 e. The molecule has 0 aliphatic rings. The molecule has 3 aromatic carbocycles. The predicted octanol–water partition coefficient (Wildman–Crippen LogP) is 3.31. The van der Waals surface area contributed by atoms with Crippen molar-refractivity contribution in [1.82, 2.24) is 0 Å². The SMILES string of the molecule is Cc1ccc(S(=O)(=O)Cl)cc1.Cc1ccc(S(=O)(=O)OCCOS(=O)(=O)c2ccc(C)cc2)cc1.OCCO. The number of aliphatic hydroxyl groups excluding tert-OH is 2. The summed E-state index contributed by atoms with van der Waals surface area (Å²) in [5, 5.41) is 15.2. The minimum Gasteiger partial charge on any atom is -0.394 e. The minimum atomic E-state index is -3.94. The van der Waals surface area contributed by atoms with Crippen LogP contribution in [-0.2, 0) is 37.7 Å². The van der Waals surface area contributed by atoms with Crippen LogP contribution >= 0.6 is 10.7 Å². The van der Waals surface area contributed by atoms with E-state index >= 15 is 0 Å². The molecule has 216 valence electrons. The van der Waals surface area contributed by atoms with Gasteiger partial charge in [0.05, 0.1) is 41.1 Å². The van der Waals surface area contributed by atoms with E-state index in [-0.39, 0.29) is 27.9 Å². The van der Waals surface area contributed by atoms with E-state index in [1.165, 1.54) is 36.4 Å². The van der Waals surface area contributed by atoms with Crippen molar-refractivity contribution in [2.45, 2.75) is 35.5 Å². The van der Waals surface area contributed by atoms with E-state index in [2.05, 4.69) is 0 Å². The van der Waals surface area contributed by atoms with Crippen LogP contribution in [0.25, 0.3) is 0 Å². The van der Waals surface area contributed by atoms with Crippen molar-refractivity contribution < 1.29 is 43.8 Å². The Hall–Kier alpha value is -2.36. The van der Waals surface area contributed by atoms with Crippen molar-refractivity contribution in [2.75, 3.05) is 26.4 Å². The van der Waals surface area contributed by atoms with Gasteiger partial charge in [0.15, 0.2) is 0 Å². The fraction of sp³-hybridized carbons (Fsp3) is 0.280. The van der Waals surface area contributed by atoms with E-state index in [1.54, 1.807) is 36.4 Å². The zero-order valence-corrected chi connectivity index (χ0v) is 24.7. The van der Waals surface area contributed by atoms with E-state index in [4.69, 9.17) is 29.3 Å². The van der Waals surface area contributed by atoms with E-state index in [9.17, 15) is 25.3 Å². The maximum atomic E-state index is 11.9. The second-order valence-corrected chi connectivity index (χ2v) is 13.7. The van der Waals surface area contributed by atoms with Crippen LogP contribution < -0.4 is 0 Å². The van der Waals surface area contributed by atoms with Crippen LogP contribution in [0.15, 0.2) is 87.5 Å². The highest BCUT2D eigenvalue weighted by Gasteiger charge is 2.18. The summed E-state index contributed by atoms with van der Waals surface area (Å²) in [6, 6.07) is 18.7. The summed E-state index contributed by atoms with van der Waals surface area (Å²) in [5.74, 6) is 0. The third-order valence-corrected chi connectivity index (χ3v) is 8.60. The Balaban J connectivity index is 0.000000418. The standard InChI is InChI=1S/C16H18O6S2.C7H7ClO2S.C2H6O2/c1-13-3-7-15(8-4-13)23(17,18)21-11-12-22-24(19,20)16-9-5-14(2)6-10-16;1-6-2-4-7(5-3-6)11(8,9)10;3-1-2-4/h3-10H,11-12H2,1-2H3;2-5H,1H3;3-4H,1-2H2. The number of hydrogen-bond donors (Lipinski definition) is 2. The Morgan fingerprint density at radius 2 is 0.795 bits per heavy atom. The number of rotatable bonds is 9. The molecule has 14 heteroatoms. The fourth-order valence-electron chi connectivity index (χ4n) is 2.53. The lowest BCUT2D eigenvalue weighted by atomic mass is 10.2. The number of aryl methyl sites for hydroxylation is 3. The lowest BCUT2D eigenvalue weighted by molar-refractivity contribution is 0.186. The molecule has 0 aliphatic carbocycles. The lowest BCUT2D eigenvalue weighted by Gasteiger charge is -2.08. The first-order valence-electron chi connectivity index (χ1n) is 11.3. The minimum absolute atomic E-state index is 0.00879. The monoisotopic (exact) mass is 622 g/mol. The van der Waals surface area contributed by atoms with Crippen molar-refractivity contribution in [3.05, 3.63) is 89.5 Å². The molecule has 0 unspecified atom stereocenters. The van der Waals surface area contributed by atoms with Gasteiger partial charge in [0.1, 0.15) is 0 Å². The van der Waals surface area contributed by atoms with Gasteiger partial charge in [-0.2, -0.15) is 16.8 Å². The molecule has 0 spiro atoms. The zero-order chi connectivity index (χ0) is 29.7. The van der Waals surface area contributed by atoms with Crippen LogP contribution in [-0.4, -0.2) is 61.9 Å². The second-order valence-electron chi connectivity index (χ2n) is 7.88. The third-order valence-electron chi connectivity index (χ3n) is 4.58. The van der Waals surface area contributed by atoms with Crippen molar-refractivity contribution in [2.24, 2.45) is 0 Å². The van der Waals surface area contributed by atoms with Gasteiger partial charge in [-0.1, -0.05) is 53.1 Å². The molecule has 39 heavy (non-hydrogen) atoms. The summed E-state index contributed by atoms with van der Waals surface area (Å²) >= 11 is 0. The quantitative estimate of drug-likeness (QED) is 0.206. The third kappa shape index (κ3) is 13.0. The maximum Gasteiger partial charge on any atom is 0.297 e. The fourth-order valence-corrected chi connectivity index (χ4v) is 5.09. The van der Waals surface area contributed by atoms with E-state index in [1.807, 2.05) is 20.8 Å². The molecule has 0 saturated carbocycles. The van der Waals surface area contributed by atoms with Crippen LogP contribution in [0.4, 0.5) is 0 Å². The summed E-state index contributed by atoms with van der Waals surface area (Å²) in [4.78, 5) is 0.161. The van der Waals surface area contributed by atoms with Gasteiger partial charge in [-0.3, -0.25) is 8.37 Å². The van der Waals surface area contributed by atoms with Crippen molar-refractivity contribution in [1.29, 1.82) is 0 Å². The average molecular weight is 623 g/mol. The van der Waals surface area contributed by atoms with Gasteiger partial charge in [0.2, 0.25) is 0 Å². The van der Waals surface area contributed by atoms with E-state index < -0.39 is 42.5 Å².